The fourth-order valence-corrected chi connectivity index (χ4v) is 3.11. The molecule has 3 heterocycles. The van der Waals surface area contributed by atoms with Gasteiger partial charge in [0.1, 0.15) is 11.5 Å². The molecule has 138 valence electrons. The Morgan fingerprint density at radius 3 is 2.57 bits per heavy atom. The first kappa shape index (κ1) is 16.3. The number of rotatable bonds is 5. The summed E-state index contributed by atoms with van der Waals surface area (Å²) in [5.41, 5.74) is 9.94. The zero-order chi connectivity index (χ0) is 18.8. The van der Waals surface area contributed by atoms with Crippen LogP contribution in [0.25, 0.3) is 11.2 Å². The average molecular weight is 370 g/mol. The van der Waals surface area contributed by atoms with Crippen LogP contribution in [0, 0.1) is 0 Å². The van der Waals surface area contributed by atoms with Gasteiger partial charge in [-0.1, -0.05) is 18.2 Å². The van der Waals surface area contributed by atoms with E-state index in [4.69, 9.17) is 4.74 Å². The van der Waals surface area contributed by atoms with Crippen molar-refractivity contribution in [3.63, 3.8) is 0 Å². The van der Waals surface area contributed by atoms with Gasteiger partial charge in [-0.3, -0.25) is 4.40 Å². The second-order valence-corrected chi connectivity index (χ2v) is 6.34. The van der Waals surface area contributed by atoms with Crippen LogP contribution in [-0.4, -0.2) is 20.9 Å². The zero-order valence-corrected chi connectivity index (χ0v) is 15.0. The summed E-state index contributed by atoms with van der Waals surface area (Å²) < 4.78 is 7.87. The van der Waals surface area contributed by atoms with E-state index in [9.17, 15) is 0 Å². The molecule has 0 amide bonds. The molecule has 0 bridgehead atoms. The molecule has 2 aromatic carbocycles. The van der Waals surface area contributed by atoms with Crippen LogP contribution in [0.3, 0.4) is 0 Å². The molecule has 0 unspecified atom stereocenters. The second kappa shape index (κ2) is 7.05. The van der Waals surface area contributed by atoms with Gasteiger partial charge in [0, 0.05) is 36.4 Å². The Morgan fingerprint density at radius 1 is 0.964 bits per heavy atom. The molecule has 7 heteroatoms. The fraction of sp³-hybridized carbons (Fsp3) is 0.0476. The van der Waals surface area contributed by atoms with E-state index in [0.717, 1.165) is 40.6 Å². The lowest BCUT2D eigenvalue weighted by molar-refractivity contribution is 0.483. The lowest BCUT2D eigenvalue weighted by atomic mass is 10.2. The van der Waals surface area contributed by atoms with E-state index in [1.54, 1.807) is 6.20 Å². The van der Waals surface area contributed by atoms with Crippen LogP contribution in [0.2, 0.25) is 0 Å². The molecule has 0 fully saturated rings. The molecule has 0 atom stereocenters. The van der Waals surface area contributed by atoms with Crippen molar-refractivity contribution in [1.29, 1.82) is 0 Å². The Kier molecular flexibility index (Phi) is 4.12. The molecule has 4 aromatic rings. The van der Waals surface area contributed by atoms with Gasteiger partial charge in [0.2, 0.25) is 0 Å². The highest BCUT2D eigenvalue weighted by Gasteiger charge is 2.14. The molecule has 28 heavy (non-hydrogen) atoms. The van der Waals surface area contributed by atoms with E-state index in [2.05, 4.69) is 26.1 Å². The smallest absolute Gasteiger partial charge is 0.180 e. The second-order valence-electron chi connectivity index (χ2n) is 6.34. The summed E-state index contributed by atoms with van der Waals surface area (Å²) in [6, 6.07) is 17.5. The number of para-hydroxylation sites is 1. The molecule has 3 N–H and O–H groups in total. The summed E-state index contributed by atoms with van der Waals surface area (Å²) in [6.07, 6.45) is 7.49. The van der Waals surface area contributed by atoms with Crippen LogP contribution in [0.4, 0.5) is 11.5 Å². The molecule has 7 nitrogen and oxygen atoms in total. The molecule has 1 aliphatic rings. The maximum atomic E-state index is 5.84. The number of nitrogens with zero attached hydrogens (tertiary/aromatic N) is 3. The molecule has 5 rings (SSSR count). The lowest BCUT2D eigenvalue weighted by Crippen LogP contribution is -2.20. The number of fused-ring (bicyclic) bond motifs is 1. The highest BCUT2D eigenvalue weighted by molar-refractivity contribution is 5.74. The minimum absolute atomic E-state index is 0.699. The van der Waals surface area contributed by atoms with E-state index in [0.29, 0.717) is 5.82 Å². The third-order valence-electron chi connectivity index (χ3n) is 4.48. The molecular weight excluding hydrogens is 352 g/mol. The van der Waals surface area contributed by atoms with Crippen molar-refractivity contribution in [3.8, 4) is 11.5 Å². The van der Waals surface area contributed by atoms with Crippen molar-refractivity contribution >= 4 is 22.7 Å². The molecule has 0 saturated heterocycles. The Labute approximate surface area is 161 Å². The Morgan fingerprint density at radius 2 is 1.79 bits per heavy atom. The van der Waals surface area contributed by atoms with Crippen molar-refractivity contribution in [3.05, 3.63) is 85.1 Å². The maximum absolute atomic E-state index is 5.84. The first-order chi connectivity index (χ1) is 13.9. The van der Waals surface area contributed by atoms with E-state index in [-0.39, 0.29) is 0 Å². The Balaban J connectivity index is 1.38. The summed E-state index contributed by atoms with van der Waals surface area (Å²) >= 11 is 0. The van der Waals surface area contributed by atoms with Crippen LogP contribution in [0.1, 0.15) is 5.69 Å². The van der Waals surface area contributed by atoms with E-state index in [1.165, 1.54) is 0 Å². The average Bonchev–Trinajstić information content (AvgIpc) is 3.40. The molecule has 0 spiro atoms. The summed E-state index contributed by atoms with van der Waals surface area (Å²) in [5, 5.41) is 3.34. The number of ether oxygens (including phenoxy) is 1. The highest BCUT2D eigenvalue weighted by Crippen LogP contribution is 2.26. The first-order valence-corrected chi connectivity index (χ1v) is 8.97. The monoisotopic (exact) mass is 370 g/mol. The number of aromatic nitrogens is 3. The van der Waals surface area contributed by atoms with Gasteiger partial charge in [0.25, 0.3) is 0 Å². The number of benzene rings is 2. The summed E-state index contributed by atoms with van der Waals surface area (Å²) in [5.74, 6) is 2.29. The van der Waals surface area contributed by atoms with Gasteiger partial charge in [-0.25, -0.2) is 15.4 Å². The van der Waals surface area contributed by atoms with Crippen LogP contribution >= 0.6 is 0 Å². The van der Waals surface area contributed by atoms with Gasteiger partial charge in [-0.05, 0) is 36.4 Å². The third kappa shape index (κ3) is 3.15. The van der Waals surface area contributed by atoms with Crippen molar-refractivity contribution in [2.75, 3.05) is 11.9 Å². The standard InChI is InChI=1S/C21H18N6O/c1-2-4-17(5-3-1)28-18-8-6-16(7-9-18)26-20-21-23-14-19(15-12-24-25-13-15)27(21)11-10-22-20/h1-12,14,24-25H,13H2,(H,22,26). The largest absolute Gasteiger partial charge is 0.457 e. The Hall–Kier alpha value is -3.84. The minimum atomic E-state index is 0.699. The fourth-order valence-electron chi connectivity index (χ4n) is 3.11. The molecule has 0 aliphatic carbocycles. The number of imidazole rings is 1. The topological polar surface area (TPSA) is 75.5 Å². The number of hydrogen-bond donors (Lipinski definition) is 3. The van der Waals surface area contributed by atoms with E-state index >= 15 is 0 Å². The van der Waals surface area contributed by atoms with Crippen LogP contribution in [-0.2, 0) is 0 Å². The number of hydrazine groups is 1. The van der Waals surface area contributed by atoms with E-state index < -0.39 is 0 Å². The zero-order valence-electron chi connectivity index (χ0n) is 15.0. The van der Waals surface area contributed by atoms with Gasteiger partial charge < -0.3 is 15.5 Å². The molecule has 2 aromatic heterocycles. The number of anilines is 2. The molecule has 1 aliphatic heterocycles. The molecule has 0 radical (unpaired) electrons. The van der Waals surface area contributed by atoms with Crippen LogP contribution < -0.4 is 20.9 Å². The van der Waals surface area contributed by atoms with E-state index in [1.807, 2.05) is 77.6 Å². The summed E-state index contributed by atoms with van der Waals surface area (Å²) in [6.45, 7) is 0.752. The number of hydrogen-bond acceptors (Lipinski definition) is 6. The van der Waals surface area contributed by atoms with Crippen LogP contribution in [0.5, 0.6) is 11.5 Å². The predicted octanol–water partition coefficient (Wildman–Crippen LogP) is 3.71. The molecular formula is C21H18N6O. The normalized spacial score (nSPS) is 13.2. The van der Waals surface area contributed by atoms with Crippen molar-refractivity contribution < 1.29 is 4.74 Å². The number of nitrogens with one attached hydrogen (secondary N) is 3. The minimum Gasteiger partial charge on any atom is -0.457 e. The summed E-state index contributed by atoms with van der Waals surface area (Å²) in [4.78, 5) is 9.01. The van der Waals surface area contributed by atoms with Crippen LogP contribution in [0.15, 0.2) is 79.4 Å². The highest BCUT2D eigenvalue weighted by atomic mass is 16.5. The molecule has 0 saturated carbocycles. The lowest BCUT2D eigenvalue weighted by Gasteiger charge is -2.09. The van der Waals surface area contributed by atoms with Gasteiger partial charge in [-0.2, -0.15) is 0 Å². The van der Waals surface area contributed by atoms with Crippen molar-refractivity contribution in [2.45, 2.75) is 0 Å². The predicted molar refractivity (Wildman–Crippen MR) is 108 cm³/mol. The first-order valence-electron chi connectivity index (χ1n) is 8.97. The van der Waals surface area contributed by atoms with Gasteiger partial charge >= 0.3 is 0 Å². The SMILES string of the molecule is C1=C(c2cnc3c(Nc4ccc(Oc5ccccc5)cc4)nccn23)CNN1. The Bertz CT molecular complexity index is 1130. The van der Waals surface area contributed by atoms with Crippen molar-refractivity contribution in [1.82, 2.24) is 25.2 Å². The summed E-state index contributed by atoms with van der Waals surface area (Å²) in [7, 11) is 0. The third-order valence-corrected chi connectivity index (χ3v) is 4.48. The van der Waals surface area contributed by atoms with Gasteiger partial charge in [0.15, 0.2) is 11.5 Å². The van der Waals surface area contributed by atoms with Gasteiger partial charge in [0.05, 0.1) is 11.9 Å². The van der Waals surface area contributed by atoms with Crippen molar-refractivity contribution in [2.24, 2.45) is 0 Å². The quantitative estimate of drug-likeness (QED) is 0.497. The maximum Gasteiger partial charge on any atom is 0.180 e. The van der Waals surface area contributed by atoms with Gasteiger partial charge in [-0.15, -0.1) is 0 Å².